The Kier molecular flexibility index (Phi) is 3.56. The Morgan fingerprint density at radius 2 is 2.20 bits per heavy atom. The molecule has 2 radical (unpaired) electrons. The van der Waals surface area contributed by atoms with Crippen molar-refractivity contribution in [1.82, 2.24) is 0 Å². The zero-order valence-electron chi connectivity index (χ0n) is 11.5. The lowest BCUT2D eigenvalue weighted by Crippen LogP contribution is -2.45. The molecule has 1 unspecified atom stereocenters. The number of esters is 1. The van der Waals surface area contributed by atoms with Crippen LogP contribution in [0, 0.1) is 0 Å². The maximum absolute atomic E-state index is 12.0. The van der Waals surface area contributed by atoms with E-state index in [0.717, 1.165) is 5.56 Å². The molecule has 1 aromatic carbocycles. The summed E-state index contributed by atoms with van der Waals surface area (Å²) < 4.78 is 16.7. The maximum atomic E-state index is 12.0. The highest BCUT2D eigenvalue weighted by atomic mass is 16.6. The lowest BCUT2D eigenvalue weighted by atomic mass is 9.91. The minimum Gasteiger partial charge on any atom is -0.461 e. The second-order valence-corrected chi connectivity index (χ2v) is 5.49. The summed E-state index contributed by atoms with van der Waals surface area (Å²) in [6.45, 7) is 2.19. The van der Waals surface area contributed by atoms with Gasteiger partial charge in [-0.2, -0.15) is 0 Å². The van der Waals surface area contributed by atoms with Gasteiger partial charge in [0.25, 0.3) is 0 Å². The average Bonchev–Trinajstić information content (AvgIpc) is 2.90. The lowest BCUT2D eigenvalue weighted by Gasteiger charge is -2.34. The quantitative estimate of drug-likeness (QED) is 0.616. The Bertz CT molecular complexity index is 488. The molecule has 2 bridgehead atoms. The molecule has 2 fully saturated rings. The molecule has 2 aliphatic heterocycles. The molecule has 0 N–H and O–H groups in total. The zero-order chi connectivity index (χ0) is 14.2. The standard InChI is InChI=1S/C15H17BO4/c1-10-15(7-12(19-10)14(16)20-15)8-13(17)18-9-11-5-3-2-4-6-11/h2-6,10,12,14H,7-9H2,1H3/t10-,12?,14+,15-/m0/s1. The Morgan fingerprint density at radius 1 is 1.45 bits per heavy atom. The van der Waals surface area contributed by atoms with E-state index in [9.17, 15) is 4.79 Å². The summed E-state index contributed by atoms with van der Waals surface area (Å²) in [6, 6.07) is 9.16. The van der Waals surface area contributed by atoms with Crippen LogP contribution in [0.25, 0.3) is 0 Å². The summed E-state index contributed by atoms with van der Waals surface area (Å²) in [5.41, 5.74) is 0.355. The van der Waals surface area contributed by atoms with Crippen molar-refractivity contribution < 1.29 is 19.0 Å². The van der Waals surface area contributed by atoms with E-state index in [1.54, 1.807) is 0 Å². The first-order valence-electron chi connectivity index (χ1n) is 6.87. The van der Waals surface area contributed by atoms with Gasteiger partial charge in [0.1, 0.15) is 20.1 Å². The molecule has 0 aliphatic carbocycles. The number of hydrogen-bond donors (Lipinski definition) is 0. The second-order valence-electron chi connectivity index (χ2n) is 5.49. The van der Waals surface area contributed by atoms with Gasteiger partial charge in [0.2, 0.25) is 0 Å². The average molecular weight is 272 g/mol. The number of hydrogen-bond acceptors (Lipinski definition) is 4. The van der Waals surface area contributed by atoms with Crippen molar-refractivity contribution in [2.24, 2.45) is 0 Å². The normalized spacial score (nSPS) is 35.1. The molecular formula is C15H17BO4. The topological polar surface area (TPSA) is 44.8 Å². The molecule has 4 nitrogen and oxygen atoms in total. The van der Waals surface area contributed by atoms with Crippen molar-refractivity contribution in [3.63, 3.8) is 0 Å². The van der Waals surface area contributed by atoms with Gasteiger partial charge in [0.05, 0.1) is 18.6 Å². The summed E-state index contributed by atoms with van der Waals surface area (Å²) >= 11 is 0. The van der Waals surface area contributed by atoms with Crippen LogP contribution in [0.15, 0.2) is 30.3 Å². The predicted octanol–water partition coefficient (Wildman–Crippen LogP) is 1.56. The van der Waals surface area contributed by atoms with Crippen molar-refractivity contribution in [3.05, 3.63) is 35.9 Å². The number of ether oxygens (including phenoxy) is 3. The van der Waals surface area contributed by atoms with Gasteiger partial charge in [-0.25, -0.2) is 0 Å². The summed E-state index contributed by atoms with van der Waals surface area (Å²) in [6.07, 6.45) is 0.615. The van der Waals surface area contributed by atoms with Crippen molar-refractivity contribution in [3.8, 4) is 0 Å². The number of benzene rings is 1. The van der Waals surface area contributed by atoms with Crippen molar-refractivity contribution in [2.45, 2.75) is 50.2 Å². The minimum absolute atomic E-state index is 0.105. The van der Waals surface area contributed by atoms with Crippen LogP contribution in [-0.2, 0) is 25.6 Å². The minimum atomic E-state index is -0.613. The molecular weight excluding hydrogens is 255 g/mol. The third-order valence-corrected chi connectivity index (χ3v) is 4.09. The number of carbonyl (C=O) groups excluding carboxylic acids is 1. The molecule has 1 aromatic rings. The lowest BCUT2D eigenvalue weighted by molar-refractivity contribution is -0.174. The summed E-state index contributed by atoms with van der Waals surface area (Å²) in [5, 5.41) is 0. The van der Waals surface area contributed by atoms with E-state index < -0.39 is 11.6 Å². The van der Waals surface area contributed by atoms with Crippen LogP contribution < -0.4 is 0 Å². The SMILES string of the molecule is [B][C@@H]1O[C@]2(CC(=O)OCc3ccccc3)CC1O[C@H]2C. The molecule has 2 heterocycles. The molecule has 0 spiro atoms. The van der Waals surface area contributed by atoms with Crippen LogP contribution in [0.1, 0.15) is 25.3 Å². The Morgan fingerprint density at radius 3 is 2.85 bits per heavy atom. The first kappa shape index (κ1) is 13.6. The molecule has 0 amide bonds. The van der Waals surface area contributed by atoms with E-state index in [0.29, 0.717) is 6.42 Å². The van der Waals surface area contributed by atoms with Crippen LogP contribution in [-0.4, -0.2) is 37.6 Å². The van der Waals surface area contributed by atoms with Crippen molar-refractivity contribution >= 4 is 13.8 Å². The van der Waals surface area contributed by atoms with Gasteiger partial charge < -0.3 is 14.2 Å². The third kappa shape index (κ3) is 2.48. The molecule has 104 valence electrons. The van der Waals surface area contributed by atoms with Gasteiger partial charge in [-0.3, -0.25) is 4.79 Å². The van der Waals surface area contributed by atoms with E-state index >= 15 is 0 Å². The maximum Gasteiger partial charge on any atom is 0.309 e. The molecule has 4 atom stereocenters. The highest BCUT2D eigenvalue weighted by molar-refractivity contribution is 6.11. The van der Waals surface area contributed by atoms with E-state index in [4.69, 9.17) is 22.1 Å². The summed E-state index contributed by atoms with van der Waals surface area (Å²) in [4.78, 5) is 12.0. The van der Waals surface area contributed by atoms with E-state index in [-0.39, 0.29) is 31.2 Å². The fourth-order valence-corrected chi connectivity index (χ4v) is 2.92. The van der Waals surface area contributed by atoms with Gasteiger partial charge in [0.15, 0.2) is 0 Å². The first-order chi connectivity index (χ1) is 9.59. The smallest absolute Gasteiger partial charge is 0.309 e. The molecule has 2 aliphatic rings. The fourth-order valence-electron chi connectivity index (χ4n) is 2.92. The fraction of sp³-hybridized carbons (Fsp3) is 0.533. The van der Waals surface area contributed by atoms with Gasteiger partial charge in [-0.05, 0) is 12.5 Å². The van der Waals surface area contributed by atoms with Crippen molar-refractivity contribution in [1.29, 1.82) is 0 Å². The van der Waals surface area contributed by atoms with Crippen LogP contribution in [0.5, 0.6) is 0 Å². The largest absolute Gasteiger partial charge is 0.461 e. The Labute approximate surface area is 119 Å². The van der Waals surface area contributed by atoms with Crippen LogP contribution in [0.3, 0.4) is 0 Å². The van der Waals surface area contributed by atoms with Crippen LogP contribution >= 0.6 is 0 Å². The van der Waals surface area contributed by atoms with Crippen molar-refractivity contribution in [2.75, 3.05) is 0 Å². The van der Waals surface area contributed by atoms with Gasteiger partial charge >= 0.3 is 5.97 Å². The zero-order valence-corrected chi connectivity index (χ0v) is 11.5. The molecule has 20 heavy (non-hydrogen) atoms. The van der Waals surface area contributed by atoms with E-state index in [2.05, 4.69) is 0 Å². The number of rotatable bonds is 4. The van der Waals surface area contributed by atoms with Gasteiger partial charge in [0, 0.05) is 12.4 Å². The highest BCUT2D eigenvalue weighted by Gasteiger charge is 2.56. The molecule has 0 saturated carbocycles. The van der Waals surface area contributed by atoms with Gasteiger partial charge in [-0.1, -0.05) is 30.3 Å². The summed E-state index contributed by atoms with van der Waals surface area (Å²) in [7, 11) is 5.81. The predicted molar refractivity (Wildman–Crippen MR) is 73.2 cm³/mol. The molecule has 2 saturated heterocycles. The molecule has 0 aromatic heterocycles. The molecule has 3 rings (SSSR count). The first-order valence-corrected chi connectivity index (χ1v) is 6.87. The van der Waals surface area contributed by atoms with E-state index in [1.807, 2.05) is 37.3 Å². The molecule has 5 heteroatoms. The van der Waals surface area contributed by atoms with Gasteiger partial charge in [-0.15, -0.1) is 0 Å². The second kappa shape index (κ2) is 5.22. The van der Waals surface area contributed by atoms with Crippen LogP contribution in [0.2, 0.25) is 0 Å². The Hall–Kier alpha value is -1.33. The number of fused-ring (bicyclic) bond motifs is 2. The third-order valence-electron chi connectivity index (χ3n) is 4.09. The highest BCUT2D eigenvalue weighted by Crippen LogP contribution is 2.45. The van der Waals surface area contributed by atoms with Crippen LogP contribution in [0.4, 0.5) is 0 Å². The van der Waals surface area contributed by atoms with E-state index in [1.165, 1.54) is 0 Å². The summed E-state index contributed by atoms with van der Waals surface area (Å²) in [5.74, 6) is -0.279. The monoisotopic (exact) mass is 272 g/mol. The number of carbonyl (C=O) groups is 1. The Balaban J connectivity index is 1.57.